The van der Waals surface area contributed by atoms with Crippen LogP contribution >= 0.6 is 0 Å². The Bertz CT molecular complexity index is 772. The lowest BCUT2D eigenvalue weighted by atomic mass is 9.96. The fraction of sp³-hybridized carbons (Fsp3) is 0.400. The number of nitrogen functional groups attached to an aromatic ring is 1. The summed E-state index contributed by atoms with van der Waals surface area (Å²) in [6.07, 6.45) is 13.0. The number of benzene rings is 2. The summed E-state index contributed by atoms with van der Waals surface area (Å²) in [4.78, 5) is 13.3. The fourth-order valence-electron chi connectivity index (χ4n) is 3.91. The average molecular weight is 377 g/mol. The molecule has 1 aliphatic rings. The van der Waals surface area contributed by atoms with Crippen LogP contribution in [0.2, 0.25) is 0 Å². The Morgan fingerprint density at radius 3 is 2.04 bits per heavy atom. The first-order chi connectivity index (χ1) is 13.7. The molecule has 2 aromatic rings. The first-order valence-electron chi connectivity index (χ1n) is 10.7. The van der Waals surface area contributed by atoms with Crippen LogP contribution in [0.4, 0.5) is 5.69 Å². The van der Waals surface area contributed by atoms with Crippen LogP contribution in [0.3, 0.4) is 0 Å². The average Bonchev–Trinajstić information content (AvgIpc) is 2.72. The minimum absolute atomic E-state index is 0.00323. The molecule has 0 radical (unpaired) electrons. The number of anilines is 1. The van der Waals surface area contributed by atoms with Gasteiger partial charge in [0.15, 0.2) is 0 Å². The largest absolute Gasteiger partial charge is 0.398 e. The van der Waals surface area contributed by atoms with Gasteiger partial charge in [0.2, 0.25) is 0 Å². The molecule has 0 heterocycles. The van der Waals surface area contributed by atoms with Crippen LogP contribution in [-0.4, -0.2) is 11.9 Å². The lowest BCUT2D eigenvalue weighted by Crippen LogP contribution is -2.35. The second-order valence-electron chi connectivity index (χ2n) is 7.78. The van der Waals surface area contributed by atoms with Crippen molar-refractivity contribution in [3.05, 3.63) is 65.7 Å². The molecule has 3 nitrogen and oxygen atoms in total. The Morgan fingerprint density at radius 1 is 0.821 bits per heavy atom. The van der Waals surface area contributed by atoms with Gasteiger partial charge in [0.05, 0.1) is 0 Å². The van der Waals surface area contributed by atoms with Crippen molar-refractivity contribution in [3.8, 4) is 0 Å². The van der Waals surface area contributed by atoms with Crippen LogP contribution in [0.25, 0.3) is 11.6 Å². The van der Waals surface area contributed by atoms with E-state index in [9.17, 15) is 4.79 Å². The quantitative estimate of drug-likeness (QED) is 0.401. The fourth-order valence-corrected chi connectivity index (χ4v) is 3.91. The van der Waals surface area contributed by atoms with E-state index in [-0.39, 0.29) is 11.9 Å². The summed E-state index contributed by atoms with van der Waals surface area (Å²) >= 11 is 0. The van der Waals surface area contributed by atoms with Crippen molar-refractivity contribution >= 4 is 23.2 Å². The summed E-state index contributed by atoms with van der Waals surface area (Å²) in [5.41, 5.74) is 9.28. The monoisotopic (exact) mass is 376 g/mol. The number of hydrogen-bond acceptors (Lipinski definition) is 2. The number of hydrogen-bond donors (Lipinski definition) is 2. The summed E-state index contributed by atoms with van der Waals surface area (Å²) < 4.78 is 0. The Labute approximate surface area is 169 Å². The summed E-state index contributed by atoms with van der Waals surface area (Å²) in [5, 5.41) is 3.33. The topological polar surface area (TPSA) is 55.1 Å². The highest BCUT2D eigenvalue weighted by Gasteiger charge is 2.18. The molecule has 0 saturated heterocycles. The maximum Gasteiger partial charge on any atom is 0.252 e. The molecule has 3 rings (SSSR count). The maximum atomic E-state index is 13.3. The second-order valence-corrected chi connectivity index (χ2v) is 7.78. The van der Waals surface area contributed by atoms with Gasteiger partial charge >= 0.3 is 0 Å². The zero-order valence-electron chi connectivity index (χ0n) is 16.7. The van der Waals surface area contributed by atoms with Crippen molar-refractivity contribution in [2.24, 2.45) is 0 Å². The van der Waals surface area contributed by atoms with E-state index in [2.05, 4.69) is 5.32 Å². The molecule has 3 heteroatoms. The molecule has 0 aromatic heterocycles. The van der Waals surface area contributed by atoms with Gasteiger partial charge in [-0.1, -0.05) is 93.5 Å². The normalized spacial score (nSPS) is 17.1. The molecule has 0 aliphatic heterocycles. The van der Waals surface area contributed by atoms with E-state index in [0.29, 0.717) is 11.3 Å². The molecule has 1 aliphatic carbocycles. The third-order valence-corrected chi connectivity index (χ3v) is 5.57. The molecule has 148 valence electrons. The van der Waals surface area contributed by atoms with Crippen molar-refractivity contribution in [1.82, 2.24) is 5.32 Å². The number of rotatable bonds is 4. The molecular formula is C25H32N2O. The molecular weight excluding hydrogens is 344 g/mol. The van der Waals surface area contributed by atoms with E-state index in [0.717, 1.165) is 24.0 Å². The summed E-state index contributed by atoms with van der Waals surface area (Å²) in [7, 11) is 0. The van der Waals surface area contributed by atoms with Crippen molar-refractivity contribution in [2.45, 2.75) is 63.8 Å². The van der Waals surface area contributed by atoms with E-state index < -0.39 is 0 Å². The van der Waals surface area contributed by atoms with E-state index >= 15 is 0 Å². The number of nitrogens with two attached hydrogens (primary N) is 1. The van der Waals surface area contributed by atoms with Crippen molar-refractivity contribution in [3.63, 3.8) is 0 Å². The number of amides is 1. The highest BCUT2D eigenvalue weighted by Crippen LogP contribution is 2.23. The molecule has 1 fully saturated rings. The van der Waals surface area contributed by atoms with Gasteiger partial charge in [-0.15, -0.1) is 0 Å². The zero-order valence-corrected chi connectivity index (χ0v) is 16.7. The highest BCUT2D eigenvalue weighted by molar-refractivity contribution is 6.24. The molecule has 0 spiro atoms. The third-order valence-electron chi connectivity index (χ3n) is 5.57. The molecule has 28 heavy (non-hydrogen) atoms. The number of nitrogens with one attached hydrogen (secondary N) is 1. The van der Waals surface area contributed by atoms with E-state index in [1.165, 1.54) is 44.9 Å². The predicted molar refractivity (Wildman–Crippen MR) is 119 cm³/mol. The number of carbonyl (C=O) groups is 1. The minimum atomic E-state index is -0.00323. The van der Waals surface area contributed by atoms with Gasteiger partial charge in [0.1, 0.15) is 0 Å². The highest BCUT2D eigenvalue weighted by atomic mass is 16.1. The van der Waals surface area contributed by atoms with Crippen LogP contribution in [0.5, 0.6) is 0 Å². The van der Waals surface area contributed by atoms with Gasteiger partial charge in [-0.25, -0.2) is 0 Å². The van der Waals surface area contributed by atoms with Crippen molar-refractivity contribution in [1.29, 1.82) is 0 Å². The molecule has 2 aromatic carbocycles. The van der Waals surface area contributed by atoms with Crippen molar-refractivity contribution < 1.29 is 4.79 Å². The number of carbonyl (C=O) groups excluding carboxylic acids is 1. The maximum absolute atomic E-state index is 13.3. The Balaban J connectivity index is 1.81. The molecule has 0 bridgehead atoms. The smallest absolute Gasteiger partial charge is 0.252 e. The lowest BCUT2D eigenvalue weighted by molar-refractivity contribution is -0.116. The molecule has 0 atom stereocenters. The summed E-state index contributed by atoms with van der Waals surface area (Å²) in [6, 6.07) is 17.8. The van der Waals surface area contributed by atoms with Gasteiger partial charge in [0, 0.05) is 17.3 Å². The number of para-hydroxylation sites is 1. The first kappa shape index (κ1) is 20.2. The zero-order chi connectivity index (χ0) is 19.6. The molecule has 0 unspecified atom stereocenters. The first-order valence-corrected chi connectivity index (χ1v) is 10.7. The van der Waals surface area contributed by atoms with E-state index in [4.69, 9.17) is 5.73 Å². The van der Waals surface area contributed by atoms with Gasteiger partial charge in [-0.3, -0.25) is 4.79 Å². The Morgan fingerprint density at radius 2 is 1.39 bits per heavy atom. The minimum Gasteiger partial charge on any atom is -0.398 e. The molecule has 1 amide bonds. The van der Waals surface area contributed by atoms with E-state index in [1.54, 1.807) is 0 Å². The van der Waals surface area contributed by atoms with Gasteiger partial charge in [0.25, 0.3) is 5.91 Å². The molecule has 1 saturated carbocycles. The van der Waals surface area contributed by atoms with Crippen LogP contribution in [-0.2, 0) is 4.79 Å². The van der Waals surface area contributed by atoms with Gasteiger partial charge in [-0.2, -0.15) is 0 Å². The van der Waals surface area contributed by atoms with E-state index in [1.807, 2.05) is 60.7 Å². The lowest BCUT2D eigenvalue weighted by Gasteiger charge is -2.21. The Kier molecular flexibility index (Phi) is 7.71. The Hall–Kier alpha value is -2.55. The van der Waals surface area contributed by atoms with Gasteiger partial charge in [-0.05, 0) is 36.1 Å². The standard InChI is InChI=1S/C25H32N2O/c26-24-18-12-11-15-21(24)19-23(20-13-7-6-8-14-20)25(28)27-22-16-9-4-2-1-3-5-10-17-22/h6-8,11-15,18-19,22H,1-5,9-10,16-17,26H2,(H,27,28). The van der Waals surface area contributed by atoms with Crippen LogP contribution in [0, 0.1) is 0 Å². The predicted octanol–water partition coefficient (Wildman–Crippen LogP) is 5.82. The second kappa shape index (κ2) is 10.7. The summed E-state index contributed by atoms with van der Waals surface area (Å²) in [5.74, 6) is -0.00323. The molecule has 3 N–H and O–H groups in total. The van der Waals surface area contributed by atoms with Crippen LogP contribution in [0.15, 0.2) is 54.6 Å². The van der Waals surface area contributed by atoms with Gasteiger partial charge < -0.3 is 11.1 Å². The van der Waals surface area contributed by atoms with Crippen LogP contribution in [0.1, 0.15) is 68.9 Å². The SMILES string of the molecule is Nc1ccccc1C=C(C(=O)NC1CCCCCCCCC1)c1ccccc1. The van der Waals surface area contributed by atoms with Crippen LogP contribution < -0.4 is 11.1 Å². The third kappa shape index (κ3) is 5.98. The summed E-state index contributed by atoms with van der Waals surface area (Å²) in [6.45, 7) is 0. The van der Waals surface area contributed by atoms with Crippen molar-refractivity contribution in [2.75, 3.05) is 5.73 Å².